The summed E-state index contributed by atoms with van der Waals surface area (Å²) in [6.07, 6.45) is -15.2. The zero-order valence-corrected chi connectivity index (χ0v) is 15.3. The van der Waals surface area contributed by atoms with E-state index in [9.17, 15) is 40.5 Å². The van der Waals surface area contributed by atoms with E-state index < -0.39 is 99.6 Å². The lowest BCUT2D eigenvalue weighted by atomic mass is 9.68. The van der Waals surface area contributed by atoms with Crippen LogP contribution in [0.4, 0.5) is 0 Å². The summed E-state index contributed by atoms with van der Waals surface area (Å²) in [5, 5.41) is 105. The van der Waals surface area contributed by atoms with Crippen molar-refractivity contribution in [1.82, 2.24) is 0 Å². The van der Waals surface area contributed by atoms with Crippen LogP contribution in [0.1, 0.15) is 19.3 Å². The van der Waals surface area contributed by atoms with Crippen molar-refractivity contribution in [2.75, 3.05) is 26.4 Å². The van der Waals surface area contributed by atoms with Gasteiger partial charge in [-0.25, -0.2) is 0 Å². The molecule has 0 spiro atoms. The number of aliphatic hydroxyl groups is 11. The van der Waals surface area contributed by atoms with Crippen molar-refractivity contribution in [3.05, 3.63) is 0 Å². The SMILES string of the molecule is O=C([C@H](O)[C@@H](O)[C@H](O)[C@H](O)CO)C(CC(O)CO)(CC(O)CO)CC(O)CO. The van der Waals surface area contributed by atoms with Gasteiger partial charge in [0.2, 0.25) is 0 Å². The second-order valence-corrected chi connectivity index (χ2v) is 6.94. The van der Waals surface area contributed by atoms with E-state index in [1.165, 1.54) is 0 Å². The second kappa shape index (κ2) is 12.7. The van der Waals surface area contributed by atoms with Crippen LogP contribution in [0.15, 0.2) is 0 Å². The third-order valence-electron chi connectivity index (χ3n) is 4.56. The molecule has 7 atom stereocenters. The molecule has 0 radical (unpaired) electrons. The Kier molecular flexibility index (Phi) is 12.4. The van der Waals surface area contributed by atoms with Crippen molar-refractivity contribution in [2.24, 2.45) is 5.41 Å². The standard InChI is InChI=1S/C16H32O12/c17-4-8(21)1-16(2-9(22)5-18,3-10(23)6-19)15(28)14(27)13(26)12(25)11(24)7-20/h8-14,17-27H,1-7H2/t8?,9?,10?,11-,12-,13+,14-,16?/m1/s1. The van der Waals surface area contributed by atoms with Crippen molar-refractivity contribution < 1.29 is 61.0 Å². The Morgan fingerprint density at radius 1 is 0.607 bits per heavy atom. The van der Waals surface area contributed by atoms with Gasteiger partial charge in [-0.15, -0.1) is 0 Å². The first kappa shape index (κ1) is 27.2. The number of carbonyl (C=O) groups is 1. The Hall–Kier alpha value is -0.770. The van der Waals surface area contributed by atoms with Gasteiger partial charge in [-0.3, -0.25) is 4.79 Å². The number of hydrogen-bond acceptors (Lipinski definition) is 12. The van der Waals surface area contributed by atoms with E-state index in [4.69, 9.17) is 20.4 Å². The van der Waals surface area contributed by atoms with Crippen LogP contribution in [0.25, 0.3) is 0 Å². The largest absolute Gasteiger partial charge is 0.394 e. The van der Waals surface area contributed by atoms with Gasteiger partial charge >= 0.3 is 0 Å². The lowest BCUT2D eigenvalue weighted by molar-refractivity contribution is -0.162. The van der Waals surface area contributed by atoms with Crippen LogP contribution in [0.3, 0.4) is 0 Å². The minimum absolute atomic E-state index is 0.626. The number of ketones is 1. The Morgan fingerprint density at radius 2 is 0.964 bits per heavy atom. The summed E-state index contributed by atoms with van der Waals surface area (Å²) in [7, 11) is 0. The highest BCUT2D eigenvalue weighted by Crippen LogP contribution is 2.38. The summed E-state index contributed by atoms with van der Waals surface area (Å²) in [5.74, 6) is -1.28. The molecule has 0 aliphatic heterocycles. The Labute approximate surface area is 161 Å². The first-order chi connectivity index (χ1) is 13.0. The normalized spacial score (nSPS) is 21.8. The van der Waals surface area contributed by atoms with Gasteiger partial charge in [-0.1, -0.05) is 0 Å². The summed E-state index contributed by atoms with van der Waals surface area (Å²) in [4.78, 5) is 12.9. The Balaban J connectivity index is 5.95. The molecule has 0 bridgehead atoms. The molecule has 0 aliphatic carbocycles. The minimum Gasteiger partial charge on any atom is -0.394 e. The highest BCUT2D eigenvalue weighted by molar-refractivity contribution is 5.89. The third-order valence-corrected chi connectivity index (χ3v) is 4.56. The van der Waals surface area contributed by atoms with Gasteiger partial charge in [0.15, 0.2) is 5.78 Å². The zero-order valence-electron chi connectivity index (χ0n) is 15.3. The van der Waals surface area contributed by atoms with Crippen LogP contribution in [0, 0.1) is 5.41 Å². The molecule has 0 saturated heterocycles. The highest BCUT2D eigenvalue weighted by atomic mass is 16.4. The van der Waals surface area contributed by atoms with Gasteiger partial charge < -0.3 is 56.2 Å². The molecule has 0 amide bonds. The van der Waals surface area contributed by atoms with Crippen molar-refractivity contribution >= 4 is 5.78 Å². The molecule has 168 valence electrons. The van der Waals surface area contributed by atoms with E-state index in [1.54, 1.807) is 0 Å². The average Bonchev–Trinajstić information content (AvgIpc) is 2.69. The lowest BCUT2D eigenvalue weighted by Crippen LogP contribution is -2.54. The monoisotopic (exact) mass is 416 g/mol. The quantitative estimate of drug-likeness (QED) is 0.120. The molecule has 0 aromatic heterocycles. The van der Waals surface area contributed by atoms with Gasteiger partial charge in [-0.05, 0) is 19.3 Å². The summed E-state index contributed by atoms with van der Waals surface area (Å²) in [5.41, 5.74) is -2.03. The average molecular weight is 416 g/mol. The Morgan fingerprint density at radius 3 is 1.25 bits per heavy atom. The fourth-order valence-electron chi connectivity index (χ4n) is 3.09. The Bertz CT molecular complexity index is 416. The van der Waals surface area contributed by atoms with Crippen LogP contribution >= 0.6 is 0 Å². The first-order valence-electron chi connectivity index (χ1n) is 8.73. The number of carbonyl (C=O) groups excluding carboxylic acids is 1. The van der Waals surface area contributed by atoms with Crippen LogP contribution in [0.2, 0.25) is 0 Å². The molecule has 0 heterocycles. The topological polar surface area (TPSA) is 240 Å². The van der Waals surface area contributed by atoms with Gasteiger partial charge in [0.05, 0.1) is 44.7 Å². The van der Waals surface area contributed by atoms with Crippen LogP contribution in [0.5, 0.6) is 0 Å². The molecule has 12 nitrogen and oxygen atoms in total. The highest BCUT2D eigenvalue weighted by Gasteiger charge is 2.48. The molecule has 0 rings (SSSR count). The van der Waals surface area contributed by atoms with E-state index >= 15 is 0 Å². The van der Waals surface area contributed by atoms with Gasteiger partial charge in [-0.2, -0.15) is 0 Å². The third kappa shape index (κ3) is 7.57. The van der Waals surface area contributed by atoms with E-state index in [2.05, 4.69) is 0 Å². The molecule has 3 unspecified atom stereocenters. The number of Topliss-reactive ketones (excluding diaryl/α,β-unsaturated/α-hetero) is 1. The first-order valence-corrected chi connectivity index (χ1v) is 8.73. The predicted molar refractivity (Wildman–Crippen MR) is 91.7 cm³/mol. The maximum Gasteiger partial charge on any atom is 0.170 e. The smallest absolute Gasteiger partial charge is 0.170 e. The fraction of sp³-hybridized carbons (Fsp3) is 0.938. The van der Waals surface area contributed by atoms with E-state index in [0.717, 1.165) is 0 Å². The molecular formula is C16H32O12. The maximum absolute atomic E-state index is 12.9. The molecule has 0 aromatic carbocycles. The number of hydrogen-bond donors (Lipinski definition) is 11. The number of aliphatic hydroxyl groups excluding tert-OH is 11. The predicted octanol–water partition coefficient (Wildman–Crippen LogP) is -5.79. The van der Waals surface area contributed by atoms with Crippen LogP contribution in [-0.2, 0) is 4.79 Å². The van der Waals surface area contributed by atoms with Crippen molar-refractivity contribution in [2.45, 2.75) is 62.0 Å². The van der Waals surface area contributed by atoms with Crippen molar-refractivity contribution in [3.63, 3.8) is 0 Å². The maximum atomic E-state index is 12.9. The van der Waals surface area contributed by atoms with Gasteiger partial charge in [0, 0.05) is 5.41 Å². The van der Waals surface area contributed by atoms with E-state index in [1.807, 2.05) is 0 Å². The van der Waals surface area contributed by atoms with Crippen molar-refractivity contribution in [1.29, 1.82) is 0 Å². The fourth-order valence-corrected chi connectivity index (χ4v) is 3.09. The summed E-state index contributed by atoms with van der Waals surface area (Å²) in [6, 6.07) is 0. The van der Waals surface area contributed by atoms with Crippen molar-refractivity contribution in [3.8, 4) is 0 Å². The molecule has 12 heteroatoms. The lowest BCUT2D eigenvalue weighted by Gasteiger charge is -2.39. The summed E-state index contributed by atoms with van der Waals surface area (Å²) in [6.45, 7) is -3.47. The molecule has 0 fully saturated rings. The molecule has 0 saturated carbocycles. The van der Waals surface area contributed by atoms with E-state index in [0.29, 0.717) is 0 Å². The summed E-state index contributed by atoms with van der Waals surface area (Å²) >= 11 is 0. The van der Waals surface area contributed by atoms with Crippen LogP contribution < -0.4 is 0 Å². The molecule has 0 aromatic rings. The van der Waals surface area contributed by atoms with Gasteiger partial charge in [0.25, 0.3) is 0 Å². The van der Waals surface area contributed by atoms with E-state index in [-0.39, 0.29) is 0 Å². The molecule has 11 N–H and O–H groups in total. The summed E-state index contributed by atoms with van der Waals surface area (Å²) < 4.78 is 0. The minimum atomic E-state index is -2.39. The molecular weight excluding hydrogens is 384 g/mol. The second-order valence-electron chi connectivity index (χ2n) is 6.94. The molecule has 28 heavy (non-hydrogen) atoms. The number of rotatable bonds is 15. The molecule has 0 aliphatic rings. The van der Waals surface area contributed by atoms with Crippen LogP contribution in [-0.4, -0.2) is 131 Å². The van der Waals surface area contributed by atoms with Gasteiger partial charge in [0.1, 0.15) is 24.4 Å². The zero-order chi connectivity index (χ0) is 22.1.